The summed E-state index contributed by atoms with van der Waals surface area (Å²) in [6.07, 6.45) is 10.3. The van der Waals surface area contributed by atoms with Crippen LogP contribution in [0.25, 0.3) is 0 Å². The van der Waals surface area contributed by atoms with E-state index in [1.165, 1.54) is 38.9 Å². The van der Waals surface area contributed by atoms with E-state index >= 15 is 0 Å². The molecule has 0 aromatic rings. The van der Waals surface area contributed by atoms with Crippen LogP contribution in [0.2, 0.25) is 0 Å². The van der Waals surface area contributed by atoms with Gasteiger partial charge in [0.1, 0.15) is 0 Å². The fourth-order valence-corrected chi connectivity index (χ4v) is 1.58. The molecule has 0 saturated heterocycles. The number of unbranched alkanes of at least 4 members (excludes halogenated alkanes) is 5. The van der Waals surface area contributed by atoms with E-state index in [2.05, 4.69) is 30.4 Å². The summed E-state index contributed by atoms with van der Waals surface area (Å²) in [5.41, 5.74) is 0.909. The lowest BCUT2D eigenvalue weighted by molar-refractivity contribution is -0.134. The first-order valence-electron chi connectivity index (χ1n) is 7.02. The van der Waals surface area contributed by atoms with Crippen LogP contribution in [0.15, 0.2) is 11.6 Å². The normalized spacial score (nSPS) is 10.7. The van der Waals surface area contributed by atoms with E-state index in [4.69, 9.17) is 0 Å². The Kier molecular flexibility index (Phi) is 11.4. The Morgan fingerprint density at radius 1 is 1.11 bits per heavy atom. The van der Waals surface area contributed by atoms with Crippen LogP contribution >= 0.6 is 0 Å². The first-order valence-corrected chi connectivity index (χ1v) is 7.02. The van der Waals surface area contributed by atoms with Crippen LogP contribution in [-0.2, 0) is 9.53 Å². The predicted octanol–water partition coefficient (Wildman–Crippen LogP) is 4.25. The summed E-state index contributed by atoms with van der Waals surface area (Å²) in [6.45, 7) is 4.35. The second-order valence-corrected chi connectivity index (χ2v) is 4.41. The lowest BCUT2D eigenvalue weighted by Crippen LogP contribution is -1.96. The molecule has 102 valence electrons. The molecule has 0 rings (SSSR count). The molecule has 0 unspecified atom stereocenters. The number of methoxy groups -OCH3 is 1. The molecule has 0 radical (unpaired) electrons. The number of rotatable bonds is 8. The highest BCUT2D eigenvalue weighted by atomic mass is 16.5. The lowest BCUT2D eigenvalue weighted by atomic mass is 10.1. The molecule has 0 aliphatic carbocycles. The SMILES string of the molecule is CCCCCC#C/C(=C\C(=O)OC)CCCCC. The maximum Gasteiger partial charge on any atom is 0.331 e. The second-order valence-electron chi connectivity index (χ2n) is 4.41. The summed E-state index contributed by atoms with van der Waals surface area (Å²) in [7, 11) is 1.40. The average molecular weight is 250 g/mol. The Bertz CT molecular complexity index is 305. The highest BCUT2D eigenvalue weighted by Crippen LogP contribution is 2.09. The van der Waals surface area contributed by atoms with Crippen LogP contribution in [0, 0.1) is 11.8 Å². The van der Waals surface area contributed by atoms with Crippen molar-refractivity contribution >= 4 is 5.97 Å². The van der Waals surface area contributed by atoms with Crippen molar-refractivity contribution in [1.82, 2.24) is 0 Å². The highest BCUT2D eigenvalue weighted by molar-refractivity contribution is 5.83. The van der Waals surface area contributed by atoms with Gasteiger partial charge in [-0.25, -0.2) is 4.79 Å². The predicted molar refractivity (Wildman–Crippen MR) is 76.2 cm³/mol. The molecule has 0 saturated carbocycles. The number of hydrogen-bond acceptors (Lipinski definition) is 2. The maximum absolute atomic E-state index is 11.2. The summed E-state index contributed by atoms with van der Waals surface area (Å²) in [5.74, 6) is 5.96. The lowest BCUT2D eigenvalue weighted by Gasteiger charge is -1.99. The molecule has 0 aromatic carbocycles. The molecule has 0 bridgehead atoms. The van der Waals surface area contributed by atoms with Gasteiger partial charge in [0.2, 0.25) is 0 Å². The summed E-state index contributed by atoms with van der Waals surface area (Å²) in [6, 6.07) is 0. The molecule has 0 aromatic heterocycles. The van der Waals surface area contributed by atoms with E-state index in [-0.39, 0.29) is 5.97 Å². The zero-order valence-electron chi connectivity index (χ0n) is 12.1. The summed E-state index contributed by atoms with van der Waals surface area (Å²) < 4.78 is 4.65. The van der Waals surface area contributed by atoms with Crippen molar-refractivity contribution in [3.63, 3.8) is 0 Å². The van der Waals surface area contributed by atoms with Crippen LogP contribution in [-0.4, -0.2) is 13.1 Å². The summed E-state index contributed by atoms with van der Waals surface area (Å²) >= 11 is 0. The minimum Gasteiger partial charge on any atom is -0.466 e. The fraction of sp³-hybridized carbons (Fsp3) is 0.688. The van der Waals surface area contributed by atoms with E-state index in [1.54, 1.807) is 0 Å². The van der Waals surface area contributed by atoms with E-state index in [1.807, 2.05) is 0 Å². The molecular formula is C16H26O2. The van der Waals surface area contributed by atoms with Gasteiger partial charge in [0.05, 0.1) is 7.11 Å². The zero-order chi connectivity index (χ0) is 13.6. The molecule has 0 heterocycles. The van der Waals surface area contributed by atoms with E-state index < -0.39 is 0 Å². The molecule has 2 nitrogen and oxygen atoms in total. The van der Waals surface area contributed by atoms with Crippen LogP contribution in [0.3, 0.4) is 0 Å². The van der Waals surface area contributed by atoms with Gasteiger partial charge in [-0.15, -0.1) is 0 Å². The largest absolute Gasteiger partial charge is 0.466 e. The van der Waals surface area contributed by atoms with Gasteiger partial charge in [0, 0.05) is 18.1 Å². The van der Waals surface area contributed by atoms with Crippen molar-refractivity contribution in [3.8, 4) is 11.8 Å². The van der Waals surface area contributed by atoms with Crippen LogP contribution < -0.4 is 0 Å². The van der Waals surface area contributed by atoms with E-state index in [0.29, 0.717) is 0 Å². The van der Waals surface area contributed by atoms with Gasteiger partial charge in [0.25, 0.3) is 0 Å². The monoisotopic (exact) mass is 250 g/mol. The van der Waals surface area contributed by atoms with Crippen molar-refractivity contribution < 1.29 is 9.53 Å². The van der Waals surface area contributed by atoms with Gasteiger partial charge >= 0.3 is 5.97 Å². The quantitative estimate of drug-likeness (QED) is 0.278. The molecule has 0 atom stereocenters. The minimum atomic E-state index is -0.302. The molecule has 18 heavy (non-hydrogen) atoms. The van der Waals surface area contributed by atoms with E-state index in [0.717, 1.165) is 31.3 Å². The Balaban J connectivity index is 4.27. The van der Waals surface area contributed by atoms with Crippen molar-refractivity contribution in [1.29, 1.82) is 0 Å². The Morgan fingerprint density at radius 2 is 1.78 bits per heavy atom. The Labute approximate surface area is 112 Å². The topological polar surface area (TPSA) is 26.3 Å². The first-order chi connectivity index (χ1) is 8.74. The van der Waals surface area contributed by atoms with Crippen molar-refractivity contribution in [3.05, 3.63) is 11.6 Å². The standard InChI is InChI=1S/C16H26O2/c1-4-6-8-9-11-13-15(12-10-7-5-2)14-16(17)18-3/h14H,4-10,12H2,1-3H3/b15-14-. The first kappa shape index (κ1) is 16.8. The van der Waals surface area contributed by atoms with E-state index in [9.17, 15) is 4.79 Å². The molecule has 0 spiro atoms. The van der Waals surface area contributed by atoms with Gasteiger partial charge in [-0.1, -0.05) is 51.4 Å². The smallest absolute Gasteiger partial charge is 0.331 e. The van der Waals surface area contributed by atoms with Gasteiger partial charge in [0.15, 0.2) is 0 Å². The number of carbonyl (C=O) groups is 1. The molecule has 0 aliphatic rings. The third kappa shape index (κ3) is 9.96. The third-order valence-electron chi connectivity index (χ3n) is 2.70. The maximum atomic E-state index is 11.2. The van der Waals surface area contributed by atoms with Crippen molar-refractivity contribution in [2.45, 2.75) is 65.2 Å². The highest BCUT2D eigenvalue weighted by Gasteiger charge is 1.99. The molecule has 0 N–H and O–H groups in total. The number of allylic oxidation sites excluding steroid dienone is 1. The van der Waals surface area contributed by atoms with Gasteiger partial charge in [-0.3, -0.25) is 0 Å². The molecule has 2 heteroatoms. The average Bonchev–Trinajstić information content (AvgIpc) is 2.38. The number of ether oxygens (including phenoxy) is 1. The molecule has 0 aliphatic heterocycles. The fourth-order valence-electron chi connectivity index (χ4n) is 1.58. The van der Waals surface area contributed by atoms with Gasteiger partial charge < -0.3 is 4.74 Å². The minimum absolute atomic E-state index is 0.302. The summed E-state index contributed by atoms with van der Waals surface area (Å²) in [5, 5.41) is 0. The van der Waals surface area contributed by atoms with Crippen LogP contribution in [0.5, 0.6) is 0 Å². The third-order valence-corrected chi connectivity index (χ3v) is 2.70. The number of hydrogen-bond donors (Lipinski definition) is 0. The van der Waals surface area contributed by atoms with Crippen molar-refractivity contribution in [2.24, 2.45) is 0 Å². The van der Waals surface area contributed by atoms with Crippen molar-refractivity contribution in [2.75, 3.05) is 7.11 Å². The molecule has 0 amide bonds. The summed E-state index contributed by atoms with van der Waals surface area (Å²) in [4.78, 5) is 11.2. The second kappa shape index (κ2) is 12.2. The molecule has 0 fully saturated rings. The van der Waals surface area contributed by atoms with Gasteiger partial charge in [-0.2, -0.15) is 0 Å². The number of esters is 1. The Morgan fingerprint density at radius 3 is 2.39 bits per heavy atom. The Hall–Kier alpha value is -1.23. The van der Waals surface area contributed by atoms with Crippen LogP contribution in [0.1, 0.15) is 65.2 Å². The molecular weight excluding hydrogens is 224 g/mol. The number of carbonyl (C=O) groups excluding carboxylic acids is 1. The zero-order valence-corrected chi connectivity index (χ0v) is 12.1. The van der Waals surface area contributed by atoms with Gasteiger partial charge in [-0.05, 0) is 19.3 Å². The van der Waals surface area contributed by atoms with Crippen LogP contribution in [0.4, 0.5) is 0 Å².